The molecule has 0 aliphatic carbocycles. The number of hydrogen-bond donors (Lipinski definition) is 2. The van der Waals surface area contributed by atoms with E-state index in [2.05, 4.69) is 15.0 Å². The predicted molar refractivity (Wildman–Crippen MR) is 146 cm³/mol. The van der Waals surface area contributed by atoms with Crippen molar-refractivity contribution in [2.45, 2.75) is 48.1 Å². The molecule has 202 valence electrons. The van der Waals surface area contributed by atoms with Crippen LogP contribution in [-0.4, -0.2) is 67.4 Å². The van der Waals surface area contributed by atoms with Gasteiger partial charge in [-0.15, -0.1) is 0 Å². The average Bonchev–Trinajstić information content (AvgIpc) is 3.17. The molecule has 14 heteroatoms. The number of carbonyl (C=O) groups is 2. The maximum Gasteiger partial charge on any atom is 0.280 e. The van der Waals surface area contributed by atoms with Crippen LogP contribution in [0.4, 0.5) is 5.95 Å². The smallest absolute Gasteiger partial charge is 0.280 e. The maximum absolute atomic E-state index is 12.1. The Hall–Kier alpha value is -1.50. The molecule has 36 heavy (non-hydrogen) atoms. The van der Waals surface area contributed by atoms with E-state index in [4.69, 9.17) is 19.5 Å². The molecule has 0 aromatic carbocycles. The third-order valence-electron chi connectivity index (χ3n) is 4.49. The van der Waals surface area contributed by atoms with Crippen LogP contribution in [0.3, 0.4) is 0 Å². The number of ether oxygens (including phenoxy) is 1. The number of rotatable bonds is 13. The monoisotopic (exact) mass is 561 g/mol. The highest BCUT2D eigenvalue weighted by molar-refractivity contribution is 8.14. The van der Waals surface area contributed by atoms with Crippen LogP contribution in [0.2, 0.25) is 0 Å². The molecular formula is C22H36N5O6PS2. The summed E-state index contributed by atoms with van der Waals surface area (Å²) in [5, 5.41) is 0.204. The fraction of sp³-hybridized carbons (Fsp3) is 0.682. The number of aromatic amines is 1. The van der Waals surface area contributed by atoms with E-state index in [1.165, 1.54) is 29.9 Å². The van der Waals surface area contributed by atoms with E-state index in [-0.39, 0.29) is 28.0 Å². The van der Waals surface area contributed by atoms with Crippen LogP contribution in [-0.2, 0) is 29.9 Å². The van der Waals surface area contributed by atoms with Crippen LogP contribution in [0.5, 0.6) is 0 Å². The summed E-state index contributed by atoms with van der Waals surface area (Å²) in [6.45, 7) is 12.7. The summed E-state index contributed by atoms with van der Waals surface area (Å²) in [6.07, 6.45) is 1.73. The molecule has 0 saturated heterocycles. The van der Waals surface area contributed by atoms with Crippen LogP contribution in [0.15, 0.2) is 11.1 Å². The second-order valence-corrected chi connectivity index (χ2v) is 13.4. The molecule has 2 rings (SSSR count). The zero-order valence-corrected chi connectivity index (χ0v) is 24.2. The Balaban J connectivity index is 1.84. The minimum atomic E-state index is -1.38. The number of nitrogens with one attached hydrogen (secondary N) is 1. The molecule has 0 atom stereocenters. The Kier molecular flexibility index (Phi) is 11.8. The van der Waals surface area contributed by atoms with E-state index in [0.717, 1.165) is 0 Å². The molecule has 2 aromatic heterocycles. The zero-order valence-electron chi connectivity index (χ0n) is 21.7. The van der Waals surface area contributed by atoms with E-state index in [1.54, 1.807) is 4.57 Å². The van der Waals surface area contributed by atoms with Crippen LogP contribution in [0.25, 0.3) is 11.2 Å². The number of hydrogen-bond acceptors (Lipinski definition) is 11. The first-order chi connectivity index (χ1) is 16.8. The topological polar surface area (TPSA) is 151 Å². The number of nitrogens with zero attached hydrogens (tertiary/aromatic N) is 3. The van der Waals surface area contributed by atoms with Crippen molar-refractivity contribution in [1.82, 2.24) is 19.5 Å². The van der Waals surface area contributed by atoms with Gasteiger partial charge in [0, 0.05) is 28.9 Å². The van der Waals surface area contributed by atoms with Gasteiger partial charge >= 0.3 is 0 Å². The summed E-state index contributed by atoms with van der Waals surface area (Å²) in [5.41, 5.74) is 5.02. The standard InChI is InChI=1S/C22H36N5O6PS2/c1-21(2,3)18(29)35-11-9-32-34(33-10-12-36-19(30)22(4,5)6)14-31-8-7-27-13-24-15-16(27)25-20(23)26-17(15)28/h13H,7-12,14H2,1-6H3,(H3,23,25,26,28). The lowest BCUT2D eigenvalue weighted by molar-refractivity contribution is -0.118. The van der Waals surface area contributed by atoms with Crippen molar-refractivity contribution in [3.63, 3.8) is 0 Å². The predicted octanol–water partition coefficient (Wildman–Crippen LogP) is 3.63. The van der Waals surface area contributed by atoms with E-state index in [1.807, 2.05) is 41.5 Å². The molecule has 2 heterocycles. The minimum Gasteiger partial charge on any atom is -0.370 e. The molecule has 11 nitrogen and oxygen atoms in total. The third-order valence-corrected chi connectivity index (χ3v) is 8.32. The summed E-state index contributed by atoms with van der Waals surface area (Å²) >= 11 is 2.47. The Morgan fingerprint density at radius 2 is 1.58 bits per heavy atom. The highest BCUT2D eigenvalue weighted by Gasteiger charge is 2.23. The average molecular weight is 562 g/mol. The van der Waals surface area contributed by atoms with Gasteiger partial charge in [0.1, 0.15) is 6.35 Å². The van der Waals surface area contributed by atoms with Crippen molar-refractivity contribution in [1.29, 1.82) is 0 Å². The van der Waals surface area contributed by atoms with Gasteiger partial charge in [-0.05, 0) is 0 Å². The lowest BCUT2D eigenvalue weighted by atomic mass is 9.99. The van der Waals surface area contributed by atoms with Crippen molar-refractivity contribution in [3.05, 3.63) is 16.7 Å². The Morgan fingerprint density at radius 1 is 1.03 bits per heavy atom. The van der Waals surface area contributed by atoms with Crippen molar-refractivity contribution in [3.8, 4) is 0 Å². The summed E-state index contributed by atoms with van der Waals surface area (Å²) in [4.78, 5) is 46.8. The van der Waals surface area contributed by atoms with Gasteiger partial charge in [-0.25, -0.2) is 4.98 Å². The van der Waals surface area contributed by atoms with E-state index in [9.17, 15) is 14.4 Å². The molecule has 0 amide bonds. The Morgan fingerprint density at radius 3 is 2.11 bits per heavy atom. The van der Waals surface area contributed by atoms with Crippen molar-refractivity contribution in [2.24, 2.45) is 10.8 Å². The molecule has 3 N–H and O–H groups in total. The third kappa shape index (κ3) is 10.1. The highest BCUT2D eigenvalue weighted by atomic mass is 32.2. The highest BCUT2D eigenvalue weighted by Crippen LogP contribution is 2.39. The van der Waals surface area contributed by atoms with Crippen molar-refractivity contribution >= 4 is 59.2 Å². The van der Waals surface area contributed by atoms with Gasteiger partial charge in [-0.3, -0.25) is 19.4 Å². The number of anilines is 1. The number of nitrogen functional groups attached to an aromatic ring is 1. The molecule has 0 spiro atoms. The van der Waals surface area contributed by atoms with Crippen molar-refractivity contribution in [2.75, 3.05) is 43.4 Å². The van der Waals surface area contributed by atoms with Gasteiger partial charge in [0.2, 0.25) is 5.95 Å². The number of fused-ring (bicyclic) bond motifs is 1. The minimum absolute atomic E-state index is 0.0195. The zero-order chi connectivity index (χ0) is 26.9. The van der Waals surface area contributed by atoms with E-state index < -0.39 is 24.8 Å². The van der Waals surface area contributed by atoms with Crippen LogP contribution < -0.4 is 11.3 Å². The lowest BCUT2D eigenvalue weighted by Gasteiger charge is -2.19. The largest absolute Gasteiger partial charge is 0.370 e. The summed E-state index contributed by atoms with van der Waals surface area (Å²) in [5.74, 6) is 1.04. The molecule has 0 aliphatic heterocycles. The number of carbonyl (C=O) groups excluding carboxylic acids is 2. The van der Waals surface area contributed by atoms with E-state index in [0.29, 0.717) is 43.5 Å². The fourth-order valence-corrected chi connectivity index (χ4v) is 5.44. The van der Waals surface area contributed by atoms with Crippen molar-refractivity contribution < 1.29 is 23.4 Å². The molecule has 0 saturated carbocycles. The number of imidazole rings is 1. The Bertz CT molecular complexity index is 1050. The molecule has 2 aromatic rings. The number of thioether (sulfide) groups is 2. The second kappa shape index (κ2) is 13.9. The molecule has 0 bridgehead atoms. The number of nitrogens with two attached hydrogens (primary N) is 1. The number of H-pyrrole nitrogens is 1. The summed E-state index contributed by atoms with van der Waals surface area (Å²) < 4.78 is 19.2. The van der Waals surface area contributed by atoms with Gasteiger partial charge in [0.05, 0.1) is 26.1 Å². The SMILES string of the molecule is CC(C)(C)C(=O)SCCOP(COCCn1cnc2c(=O)[nH]c(N)nc21)OCCSC(=O)C(C)(C)C. The van der Waals surface area contributed by atoms with Gasteiger partial charge in [-0.2, -0.15) is 4.98 Å². The first-order valence-corrected chi connectivity index (χ1v) is 14.8. The van der Waals surface area contributed by atoms with Gasteiger partial charge in [-0.1, -0.05) is 65.1 Å². The Labute approximate surface area is 220 Å². The summed E-state index contributed by atoms with van der Waals surface area (Å²) in [6, 6.07) is 0. The van der Waals surface area contributed by atoms with Gasteiger partial charge in [0.25, 0.3) is 5.56 Å². The molecule has 0 radical (unpaired) electrons. The molecule has 0 fully saturated rings. The van der Waals surface area contributed by atoms with Gasteiger partial charge in [0.15, 0.2) is 29.8 Å². The second-order valence-electron chi connectivity index (χ2n) is 9.87. The molecular weight excluding hydrogens is 525 g/mol. The quantitative estimate of drug-likeness (QED) is 0.272. The normalized spacial score (nSPS) is 12.5. The first kappa shape index (κ1) is 30.7. The lowest BCUT2D eigenvalue weighted by Crippen LogP contribution is -2.18. The van der Waals surface area contributed by atoms with Crippen LogP contribution >= 0.6 is 31.9 Å². The first-order valence-electron chi connectivity index (χ1n) is 11.4. The number of aromatic nitrogens is 4. The molecule has 0 aliphatic rings. The van der Waals surface area contributed by atoms with Crippen LogP contribution in [0.1, 0.15) is 41.5 Å². The molecule has 0 unspecified atom stereocenters. The summed E-state index contributed by atoms with van der Waals surface area (Å²) in [7, 11) is -1.38. The van der Waals surface area contributed by atoms with Crippen LogP contribution in [0, 0.1) is 10.8 Å². The maximum atomic E-state index is 12.1. The van der Waals surface area contributed by atoms with Gasteiger partial charge < -0.3 is 24.1 Å². The fourth-order valence-electron chi connectivity index (χ4n) is 2.53. The van der Waals surface area contributed by atoms with E-state index >= 15 is 0 Å².